The summed E-state index contributed by atoms with van der Waals surface area (Å²) in [6.45, 7) is 0.331. The fourth-order valence-electron chi connectivity index (χ4n) is 3.89. The van der Waals surface area contributed by atoms with Crippen LogP contribution >= 0.6 is 0 Å². The zero-order valence-corrected chi connectivity index (χ0v) is 17.3. The van der Waals surface area contributed by atoms with Gasteiger partial charge in [-0.25, -0.2) is 0 Å². The summed E-state index contributed by atoms with van der Waals surface area (Å²) in [7, 11) is 0. The lowest BCUT2D eigenvalue weighted by molar-refractivity contribution is -0.277. The molecule has 1 aromatic heterocycles. The predicted octanol–water partition coefficient (Wildman–Crippen LogP) is 0.410. The van der Waals surface area contributed by atoms with Gasteiger partial charge in [0.2, 0.25) is 6.29 Å². The molecule has 0 bridgehead atoms. The van der Waals surface area contributed by atoms with Crippen molar-refractivity contribution in [2.24, 2.45) is 0 Å². The molecule has 5 atom stereocenters. The van der Waals surface area contributed by atoms with Crippen molar-refractivity contribution in [2.45, 2.75) is 30.7 Å². The average molecular weight is 458 g/mol. The topological polar surface area (TPSA) is 148 Å². The molecule has 0 unspecified atom stereocenters. The molecule has 0 radical (unpaired) electrons. The first-order chi connectivity index (χ1) is 16.0. The van der Waals surface area contributed by atoms with E-state index < -0.39 is 37.3 Å². The SMILES string of the molecule is O=c1c(-c2ccc3c(c2)OCCO3)coc2cc(O[C@@H]3O[C@H](CO)[C@@H](O)[C@@H](O)[C@@H]3O)ccc12. The van der Waals surface area contributed by atoms with Crippen molar-refractivity contribution >= 4 is 11.0 Å². The predicted molar refractivity (Wildman–Crippen MR) is 113 cm³/mol. The van der Waals surface area contributed by atoms with E-state index in [0.717, 1.165) is 0 Å². The fraction of sp³-hybridized carbons (Fsp3) is 0.348. The molecule has 2 aromatic carbocycles. The van der Waals surface area contributed by atoms with Gasteiger partial charge in [-0.1, -0.05) is 6.07 Å². The van der Waals surface area contributed by atoms with Crippen LogP contribution in [-0.2, 0) is 4.74 Å². The quantitative estimate of drug-likeness (QED) is 0.433. The number of aliphatic hydroxyl groups excluding tert-OH is 4. The van der Waals surface area contributed by atoms with E-state index in [4.69, 9.17) is 23.4 Å². The molecule has 10 nitrogen and oxygen atoms in total. The number of rotatable bonds is 4. The Bertz CT molecular complexity index is 1220. The van der Waals surface area contributed by atoms with E-state index >= 15 is 0 Å². The van der Waals surface area contributed by atoms with Crippen molar-refractivity contribution in [2.75, 3.05) is 19.8 Å². The maximum absolute atomic E-state index is 13.1. The molecule has 1 saturated heterocycles. The molecule has 1 fully saturated rings. The van der Waals surface area contributed by atoms with E-state index in [0.29, 0.717) is 41.2 Å². The second-order valence-corrected chi connectivity index (χ2v) is 7.81. The van der Waals surface area contributed by atoms with Gasteiger partial charge in [0.1, 0.15) is 55.2 Å². The third kappa shape index (κ3) is 3.92. The van der Waals surface area contributed by atoms with Crippen molar-refractivity contribution < 1.29 is 43.8 Å². The highest BCUT2D eigenvalue weighted by atomic mass is 16.7. The van der Waals surface area contributed by atoms with Crippen LogP contribution in [0.5, 0.6) is 17.2 Å². The molecule has 4 N–H and O–H groups in total. The molecule has 2 aliphatic heterocycles. The zero-order chi connectivity index (χ0) is 23.1. The fourth-order valence-corrected chi connectivity index (χ4v) is 3.89. The Morgan fingerprint density at radius 2 is 1.73 bits per heavy atom. The summed E-state index contributed by atoms with van der Waals surface area (Å²) >= 11 is 0. The maximum Gasteiger partial charge on any atom is 0.229 e. The second-order valence-electron chi connectivity index (χ2n) is 7.81. The van der Waals surface area contributed by atoms with E-state index in [9.17, 15) is 25.2 Å². The molecule has 33 heavy (non-hydrogen) atoms. The summed E-state index contributed by atoms with van der Waals surface area (Å²) in [6.07, 6.45) is -5.70. The molecule has 0 amide bonds. The number of aliphatic hydroxyl groups is 4. The van der Waals surface area contributed by atoms with Crippen LogP contribution in [0.15, 0.2) is 51.9 Å². The summed E-state index contributed by atoms with van der Waals surface area (Å²) in [5.74, 6) is 1.37. The highest BCUT2D eigenvalue weighted by Crippen LogP contribution is 2.34. The van der Waals surface area contributed by atoms with E-state index in [2.05, 4.69) is 0 Å². The number of fused-ring (bicyclic) bond motifs is 2. The Morgan fingerprint density at radius 1 is 0.939 bits per heavy atom. The molecular weight excluding hydrogens is 436 g/mol. The first-order valence-corrected chi connectivity index (χ1v) is 10.4. The van der Waals surface area contributed by atoms with Crippen LogP contribution in [0.4, 0.5) is 0 Å². The van der Waals surface area contributed by atoms with Crippen molar-refractivity contribution in [1.82, 2.24) is 0 Å². The second kappa shape index (κ2) is 8.65. The van der Waals surface area contributed by atoms with Crippen LogP contribution < -0.4 is 19.6 Å². The van der Waals surface area contributed by atoms with Gasteiger partial charge < -0.3 is 43.8 Å². The summed E-state index contributed by atoms with van der Waals surface area (Å²) in [5, 5.41) is 39.6. The van der Waals surface area contributed by atoms with Crippen molar-refractivity contribution in [3.05, 3.63) is 52.9 Å². The maximum atomic E-state index is 13.1. The van der Waals surface area contributed by atoms with Crippen molar-refractivity contribution in [1.29, 1.82) is 0 Å². The molecule has 10 heteroatoms. The normalized spacial score (nSPS) is 26.8. The molecule has 0 spiro atoms. The lowest BCUT2D eigenvalue weighted by atomic mass is 9.99. The Kier molecular flexibility index (Phi) is 5.69. The Morgan fingerprint density at radius 3 is 2.52 bits per heavy atom. The molecule has 3 heterocycles. The van der Waals surface area contributed by atoms with Crippen LogP contribution in [0.25, 0.3) is 22.1 Å². The van der Waals surface area contributed by atoms with Crippen molar-refractivity contribution in [3.8, 4) is 28.4 Å². The van der Waals surface area contributed by atoms with Gasteiger partial charge in [-0.2, -0.15) is 0 Å². The average Bonchev–Trinajstić information content (AvgIpc) is 2.84. The molecule has 3 aromatic rings. The van der Waals surface area contributed by atoms with Gasteiger partial charge in [-0.05, 0) is 29.8 Å². The number of hydrogen-bond acceptors (Lipinski definition) is 10. The Hall–Kier alpha value is -3.15. The first-order valence-electron chi connectivity index (χ1n) is 10.4. The van der Waals surface area contributed by atoms with E-state index in [1.165, 1.54) is 24.5 Å². The minimum absolute atomic E-state index is 0.196. The summed E-state index contributed by atoms with van der Waals surface area (Å²) in [6, 6.07) is 9.68. The highest BCUT2D eigenvalue weighted by molar-refractivity contribution is 5.83. The Labute approximate surface area is 187 Å². The molecule has 174 valence electrons. The summed E-state index contributed by atoms with van der Waals surface area (Å²) in [5.41, 5.74) is 0.953. The number of hydrogen-bond donors (Lipinski definition) is 4. The lowest BCUT2D eigenvalue weighted by Crippen LogP contribution is -2.60. The molecule has 0 saturated carbocycles. The minimum Gasteiger partial charge on any atom is -0.486 e. The van der Waals surface area contributed by atoms with Gasteiger partial charge in [-0.15, -0.1) is 0 Å². The highest BCUT2D eigenvalue weighted by Gasteiger charge is 2.44. The number of ether oxygens (including phenoxy) is 4. The van der Waals surface area contributed by atoms with Gasteiger partial charge in [0.25, 0.3) is 0 Å². The largest absolute Gasteiger partial charge is 0.486 e. The summed E-state index contributed by atoms with van der Waals surface area (Å²) < 4.78 is 27.7. The van der Waals surface area contributed by atoms with E-state index in [1.54, 1.807) is 18.2 Å². The van der Waals surface area contributed by atoms with Gasteiger partial charge >= 0.3 is 0 Å². The van der Waals surface area contributed by atoms with E-state index in [-0.39, 0.29) is 16.8 Å². The van der Waals surface area contributed by atoms with Crippen LogP contribution in [-0.4, -0.2) is 71.0 Å². The molecular formula is C23H22O10. The standard InChI is InChI=1S/C23H22O10/c24-9-18-20(26)21(27)22(28)23(33-18)32-12-2-3-13-16(8-12)31-10-14(19(13)25)11-1-4-15-17(7-11)30-6-5-29-15/h1-4,7-8,10,18,20-24,26-28H,5-6,9H2/t18-,20-,21-,22+,23-/m1/s1. The van der Waals surface area contributed by atoms with Crippen LogP contribution in [0, 0.1) is 0 Å². The lowest BCUT2D eigenvalue weighted by Gasteiger charge is -2.39. The first kappa shape index (κ1) is 21.7. The zero-order valence-electron chi connectivity index (χ0n) is 17.3. The van der Waals surface area contributed by atoms with Crippen LogP contribution in [0.3, 0.4) is 0 Å². The number of benzene rings is 2. The monoisotopic (exact) mass is 458 g/mol. The molecule has 5 rings (SSSR count). The van der Waals surface area contributed by atoms with Gasteiger partial charge in [0.05, 0.1) is 17.6 Å². The summed E-state index contributed by atoms with van der Waals surface area (Å²) in [4.78, 5) is 13.1. The van der Waals surface area contributed by atoms with Crippen molar-refractivity contribution in [3.63, 3.8) is 0 Å². The smallest absolute Gasteiger partial charge is 0.229 e. The van der Waals surface area contributed by atoms with Crippen LogP contribution in [0.1, 0.15) is 0 Å². The Balaban J connectivity index is 1.42. The van der Waals surface area contributed by atoms with Gasteiger partial charge in [0.15, 0.2) is 16.9 Å². The minimum atomic E-state index is -1.56. The molecule has 2 aliphatic rings. The van der Waals surface area contributed by atoms with Gasteiger partial charge in [0, 0.05) is 6.07 Å². The molecule has 0 aliphatic carbocycles. The van der Waals surface area contributed by atoms with E-state index in [1.807, 2.05) is 0 Å². The van der Waals surface area contributed by atoms with Crippen LogP contribution in [0.2, 0.25) is 0 Å². The third-order valence-corrected chi connectivity index (χ3v) is 5.70. The van der Waals surface area contributed by atoms with Gasteiger partial charge in [-0.3, -0.25) is 4.79 Å². The third-order valence-electron chi connectivity index (χ3n) is 5.70.